The molecule has 0 spiro atoms. The van der Waals surface area contributed by atoms with Crippen molar-refractivity contribution in [2.24, 2.45) is 11.3 Å². The molecule has 0 heterocycles. The number of nitrogens with one attached hydrogen (secondary N) is 1. The Labute approximate surface area is 99.3 Å². The van der Waals surface area contributed by atoms with Gasteiger partial charge in [-0.1, -0.05) is 33.8 Å². The van der Waals surface area contributed by atoms with Gasteiger partial charge in [-0.15, -0.1) is 0 Å². The first kappa shape index (κ1) is 15.2. The zero-order valence-corrected chi connectivity index (χ0v) is 11.4. The fourth-order valence-electron chi connectivity index (χ4n) is 1.08. The van der Waals surface area contributed by atoms with Crippen LogP contribution in [0.25, 0.3) is 0 Å². The highest BCUT2D eigenvalue weighted by molar-refractivity contribution is 5.87. The molecule has 1 unspecified atom stereocenters. The van der Waals surface area contributed by atoms with E-state index in [1.165, 1.54) is 7.11 Å². The summed E-state index contributed by atoms with van der Waals surface area (Å²) < 4.78 is 4.61. The Kier molecular flexibility index (Phi) is 6.34. The highest BCUT2D eigenvalue weighted by Gasteiger charge is 2.18. The van der Waals surface area contributed by atoms with Crippen LogP contribution in [0.15, 0.2) is 11.6 Å². The third-order valence-electron chi connectivity index (χ3n) is 2.99. The van der Waals surface area contributed by atoms with Crippen molar-refractivity contribution in [3.05, 3.63) is 11.6 Å². The predicted octanol–water partition coefficient (Wildman–Crippen LogP) is 2.38. The van der Waals surface area contributed by atoms with Crippen LogP contribution in [0.5, 0.6) is 0 Å². The molecule has 3 heteroatoms. The molecule has 0 aromatic heterocycles. The topological polar surface area (TPSA) is 38.3 Å². The largest absolute Gasteiger partial charge is 0.466 e. The molecular weight excluding hydrogens is 202 g/mol. The predicted molar refractivity (Wildman–Crippen MR) is 67.3 cm³/mol. The Morgan fingerprint density at radius 3 is 2.44 bits per heavy atom. The highest BCUT2D eigenvalue weighted by atomic mass is 16.5. The molecule has 0 rings (SSSR count). The van der Waals surface area contributed by atoms with E-state index in [0.29, 0.717) is 23.5 Å². The number of methoxy groups -OCH3 is 1. The lowest BCUT2D eigenvalue weighted by atomic mass is 9.82. The fourth-order valence-corrected chi connectivity index (χ4v) is 1.08. The first-order chi connectivity index (χ1) is 7.29. The second-order valence-corrected chi connectivity index (χ2v) is 5.30. The minimum absolute atomic E-state index is 0.259. The van der Waals surface area contributed by atoms with Gasteiger partial charge in [-0.05, 0) is 24.8 Å². The van der Waals surface area contributed by atoms with Gasteiger partial charge in [0.1, 0.15) is 0 Å². The molecule has 94 valence electrons. The number of rotatable bonds is 5. The third-order valence-corrected chi connectivity index (χ3v) is 2.99. The van der Waals surface area contributed by atoms with Crippen molar-refractivity contribution >= 4 is 5.97 Å². The van der Waals surface area contributed by atoms with Gasteiger partial charge in [0.2, 0.25) is 0 Å². The van der Waals surface area contributed by atoms with Crippen molar-refractivity contribution in [3.63, 3.8) is 0 Å². The summed E-state index contributed by atoms with van der Waals surface area (Å²) >= 11 is 0. The summed E-state index contributed by atoms with van der Waals surface area (Å²) in [6.07, 6.45) is 1.86. The lowest BCUT2D eigenvalue weighted by molar-refractivity contribution is -0.136. The van der Waals surface area contributed by atoms with E-state index in [1.807, 2.05) is 6.08 Å². The summed E-state index contributed by atoms with van der Waals surface area (Å²) in [6.45, 7) is 12.3. The number of hydrogen-bond acceptors (Lipinski definition) is 3. The molecule has 0 radical (unpaired) electrons. The van der Waals surface area contributed by atoms with Gasteiger partial charge in [-0.3, -0.25) is 0 Å². The molecule has 0 aromatic carbocycles. The molecule has 0 aliphatic carbocycles. The molecule has 16 heavy (non-hydrogen) atoms. The molecule has 1 N–H and O–H groups in total. The van der Waals surface area contributed by atoms with Crippen LogP contribution in [0, 0.1) is 11.3 Å². The maximum atomic E-state index is 11.1. The highest BCUT2D eigenvalue weighted by Crippen LogP contribution is 2.24. The monoisotopic (exact) mass is 227 g/mol. The Balaban J connectivity index is 3.88. The second-order valence-electron chi connectivity index (χ2n) is 5.30. The Morgan fingerprint density at radius 1 is 1.44 bits per heavy atom. The molecule has 0 amide bonds. The molecule has 0 aliphatic rings. The van der Waals surface area contributed by atoms with E-state index in [1.54, 1.807) is 6.92 Å². The molecular formula is C13H25NO2. The van der Waals surface area contributed by atoms with Crippen molar-refractivity contribution in [1.29, 1.82) is 0 Å². The van der Waals surface area contributed by atoms with Crippen molar-refractivity contribution in [3.8, 4) is 0 Å². The van der Waals surface area contributed by atoms with Crippen LogP contribution < -0.4 is 5.32 Å². The molecule has 0 fully saturated rings. The zero-order chi connectivity index (χ0) is 12.8. The standard InChI is InChI=1S/C13H25NO2/c1-10(12(15)16-6)7-8-14-9-11(2)13(3,4)5/h7,11,14H,8-9H2,1-6H3. The van der Waals surface area contributed by atoms with E-state index in [4.69, 9.17) is 0 Å². The maximum absolute atomic E-state index is 11.1. The molecule has 0 bridgehead atoms. The maximum Gasteiger partial charge on any atom is 0.333 e. The van der Waals surface area contributed by atoms with Crippen LogP contribution in [0.4, 0.5) is 0 Å². The first-order valence-electron chi connectivity index (χ1n) is 5.74. The number of carbonyl (C=O) groups excluding carboxylic acids is 1. The van der Waals surface area contributed by atoms with Crippen LogP contribution in [0.3, 0.4) is 0 Å². The minimum atomic E-state index is -0.259. The lowest BCUT2D eigenvalue weighted by Gasteiger charge is -2.27. The number of esters is 1. The molecule has 0 aromatic rings. The normalized spacial score (nSPS) is 14.8. The van der Waals surface area contributed by atoms with Gasteiger partial charge in [-0.2, -0.15) is 0 Å². The van der Waals surface area contributed by atoms with Gasteiger partial charge in [0, 0.05) is 12.1 Å². The van der Waals surface area contributed by atoms with E-state index in [-0.39, 0.29) is 5.97 Å². The third kappa shape index (κ3) is 5.91. The van der Waals surface area contributed by atoms with E-state index < -0.39 is 0 Å². The minimum Gasteiger partial charge on any atom is -0.466 e. The Hall–Kier alpha value is -0.830. The molecule has 0 aliphatic heterocycles. The van der Waals surface area contributed by atoms with Gasteiger partial charge in [-0.25, -0.2) is 4.79 Å². The number of ether oxygens (including phenoxy) is 1. The first-order valence-corrected chi connectivity index (χ1v) is 5.74. The molecule has 0 saturated carbocycles. The van der Waals surface area contributed by atoms with Crippen LogP contribution in [0.2, 0.25) is 0 Å². The van der Waals surface area contributed by atoms with Crippen molar-refractivity contribution in [2.45, 2.75) is 34.6 Å². The van der Waals surface area contributed by atoms with Gasteiger partial charge in [0.25, 0.3) is 0 Å². The SMILES string of the molecule is COC(=O)C(C)=CCNCC(C)C(C)(C)C. The quantitative estimate of drug-likeness (QED) is 0.445. The van der Waals surface area contributed by atoms with Crippen molar-refractivity contribution < 1.29 is 9.53 Å². The van der Waals surface area contributed by atoms with Gasteiger partial charge in [0.15, 0.2) is 0 Å². The zero-order valence-electron chi connectivity index (χ0n) is 11.4. The van der Waals surface area contributed by atoms with Gasteiger partial charge in [0.05, 0.1) is 7.11 Å². The van der Waals surface area contributed by atoms with E-state index in [9.17, 15) is 4.79 Å². The van der Waals surface area contributed by atoms with Crippen molar-refractivity contribution in [2.75, 3.05) is 20.2 Å². The number of carbonyl (C=O) groups is 1. The summed E-state index contributed by atoms with van der Waals surface area (Å²) in [5.74, 6) is 0.338. The fraction of sp³-hybridized carbons (Fsp3) is 0.769. The summed E-state index contributed by atoms with van der Waals surface area (Å²) in [4.78, 5) is 11.1. The smallest absolute Gasteiger partial charge is 0.333 e. The Morgan fingerprint density at radius 2 is 2.00 bits per heavy atom. The van der Waals surface area contributed by atoms with Crippen LogP contribution in [-0.4, -0.2) is 26.2 Å². The van der Waals surface area contributed by atoms with E-state index in [0.717, 1.165) is 6.54 Å². The van der Waals surface area contributed by atoms with Crippen LogP contribution in [-0.2, 0) is 9.53 Å². The molecule has 0 saturated heterocycles. The number of hydrogen-bond donors (Lipinski definition) is 1. The summed E-state index contributed by atoms with van der Waals surface area (Å²) in [6, 6.07) is 0. The van der Waals surface area contributed by atoms with Crippen LogP contribution >= 0.6 is 0 Å². The summed E-state index contributed by atoms with van der Waals surface area (Å²) in [7, 11) is 1.40. The van der Waals surface area contributed by atoms with Crippen LogP contribution in [0.1, 0.15) is 34.6 Å². The van der Waals surface area contributed by atoms with Crippen molar-refractivity contribution in [1.82, 2.24) is 5.32 Å². The Bertz CT molecular complexity index is 251. The van der Waals surface area contributed by atoms with E-state index in [2.05, 4.69) is 37.7 Å². The molecule has 1 atom stereocenters. The summed E-state index contributed by atoms with van der Waals surface area (Å²) in [5.41, 5.74) is 0.965. The lowest BCUT2D eigenvalue weighted by Crippen LogP contribution is -2.29. The summed E-state index contributed by atoms with van der Waals surface area (Å²) in [5, 5.41) is 3.32. The van der Waals surface area contributed by atoms with E-state index >= 15 is 0 Å². The average molecular weight is 227 g/mol. The van der Waals surface area contributed by atoms with Gasteiger partial charge >= 0.3 is 5.97 Å². The second kappa shape index (κ2) is 6.69. The van der Waals surface area contributed by atoms with Gasteiger partial charge < -0.3 is 10.1 Å². The molecule has 3 nitrogen and oxygen atoms in total. The average Bonchev–Trinajstić information content (AvgIpc) is 2.20.